The molecule has 6 N–H and O–H groups in total. The lowest BCUT2D eigenvalue weighted by Crippen LogP contribution is -2.58. The second-order valence-corrected chi connectivity index (χ2v) is 7.78. The van der Waals surface area contributed by atoms with Crippen LogP contribution in [0.15, 0.2) is 0 Å². The fraction of sp³-hybridized carbons (Fsp3) is 0.778. The number of rotatable bonds is 9. The van der Waals surface area contributed by atoms with Crippen LogP contribution in [0.2, 0.25) is 0 Å². The van der Waals surface area contributed by atoms with Crippen molar-refractivity contribution in [3.05, 3.63) is 0 Å². The molecule has 4 atom stereocenters. The van der Waals surface area contributed by atoms with Crippen LogP contribution in [0.25, 0.3) is 0 Å². The Morgan fingerprint density at radius 2 is 1.64 bits per heavy atom. The van der Waals surface area contributed by atoms with Crippen molar-refractivity contribution in [2.24, 2.45) is 17.6 Å². The van der Waals surface area contributed by atoms with Crippen LogP contribution in [0.5, 0.6) is 0 Å². The molecular weight excluding hydrogens is 368 g/mol. The van der Waals surface area contributed by atoms with Crippen LogP contribution in [-0.4, -0.2) is 76.1 Å². The number of aliphatic hydroxyl groups is 1. The second kappa shape index (κ2) is 10.4. The van der Waals surface area contributed by atoms with Gasteiger partial charge in [0.15, 0.2) is 0 Å². The molecule has 0 aromatic carbocycles. The molecular formula is C18H32N4O6. The molecule has 1 heterocycles. The second-order valence-electron chi connectivity index (χ2n) is 7.78. The highest BCUT2D eigenvalue weighted by Gasteiger charge is 2.40. The van der Waals surface area contributed by atoms with Crippen molar-refractivity contribution in [2.75, 3.05) is 13.2 Å². The van der Waals surface area contributed by atoms with Gasteiger partial charge in [-0.05, 0) is 24.7 Å². The van der Waals surface area contributed by atoms with E-state index in [1.807, 2.05) is 0 Å². The standard InChI is InChI=1S/C18H32N4O6/c1-9(2)13(20-15(24)11(19)8-23)17(26)22-7-5-6-12(22)16(25)21-14(10(3)4)18(27)28/h9-14,23H,5-8,19H2,1-4H3,(H,20,24)(H,21,25)(H,27,28). The van der Waals surface area contributed by atoms with Gasteiger partial charge in [-0.15, -0.1) is 0 Å². The van der Waals surface area contributed by atoms with E-state index in [2.05, 4.69) is 10.6 Å². The Morgan fingerprint density at radius 1 is 1.07 bits per heavy atom. The first-order chi connectivity index (χ1) is 13.0. The highest BCUT2D eigenvalue weighted by molar-refractivity contribution is 5.94. The molecule has 4 unspecified atom stereocenters. The maximum atomic E-state index is 13.0. The Morgan fingerprint density at radius 3 is 2.11 bits per heavy atom. The normalized spacial score (nSPS) is 20.0. The Balaban J connectivity index is 2.93. The van der Waals surface area contributed by atoms with E-state index in [1.165, 1.54) is 4.90 Å². The molecule has 0 aromatic heterocycles. The number of carbonyl (C=O) groups excluding carboxylic acids is 3. The molecule has 160 valence electrons. The molecule has 3 amide bonds. The van der Waals surface area contributed by atoms with Gasteiger partial charge < -0.3 is 31.5 Å². The van der Waals surface area contributed by atoms with Crippen molar-refractivity contribution < 1.29 is 29.4 Å². The summed E-state index contributed by atoms with van der Waals surface area (Å²) < 4.78 is 0. The third-order valence-electron chi connectivity index (χ3n) is 4.83. The first-order valence-electron chi connectivity index (χ1n) is 9.51. The van der Waals surface area contributed by atoms with E-state index in [0.29, 0.717) is 19.4 Å². The van der Waals surface area contributed by atoms with E-state index in [1.54, 1.807) is 27.7 Å². The predicted molar refractivity (Wildman–Crippen MR) is 101 cm³/mol. The van der Waals surface area contributed by atoms with Crippen molar-refractivity contribution in [1.82, 2.24) is 15.5 Å². The van der Waals surface area contributed by atoms with Crippen LogP contribution in [0.1, 0.15) is 40.5 Å². The van der Waals surface area contributed by atoms with Gasteiger partial charge in [0.25, 0.3) is 0 Å². The largest absolute Gasteiger partial charge is 0.480 e. The van der Waals surface area contributed by atoms with Gasteiger partial charge in [-0.2, -0.15) is 0 Å². The molecule has 0 spiro atoms. The van der Waals surface area contributed by atoms with Crippen LogP contribution in [-0.2, 0) is 19.2 Å². The van der Waals surface area contributed by atoms with E-state index in [0.717, 1.165) is 0 Å². The summed E-state index contributed by atoms with van der Waals surface area (Å²) in [5.74, 6) is -3.32. The molecule has 0 saturated carbocycles. The van der Waals surface area contributed by atoms with E-state index >= 15 is 0 Å². The maximum absolute atomic E-state index is 13.0. The van der Waals surface area contributed by atoms with Gasteiger partial charge in [0, 0.05) is 6.54 Å². The molecule has 1 aliphatic rings. The number of likely N-dealkylation sites (tertiary alicyclic amines) is 1. The number of nitrogens with two attached hydrogens (primary N) is 1. The lowest BCUT2D eigenvalue weighted by Gasteiger charge is -2.31. The highest BCUT2D eigenvalue weighted by Crippen LogP contribution is 2.21. The minimum absolute atomic E-state index is 0.269. The number of aliphatic carboxylic acids is 1. The van der Waals surface area contributed by atoms with Crippen molar-refractivity contribution in [3.8, 4) is 0 Å². The highest BCUT2D eigenvalue weighted by atomic mass is 16.4. The summed E-state index contributed by atoms with van der Waals surface area (Å²) in [5.41, 5.74) is 5.50. The Kier molecular flexibility index (Phi) is 8.83. The van der Waals surface area contributed by atoms with Crippen molar-refractivity contribution in [3.63, 3.8) is 0 Å². The molecule has 1 saturated heterocycles. The number of hydrogen-bond acceptors (Lipinski definition) is 6. The topological polar surface area (TPSA) is 162 Å². The van der Waals surface area contributed by atoms with Crippen LogP contribution >= 0.6 is 0 Å². The van der Waals surface area contributed by atoms with Gasteiger partial charge in [-0.25, -0.2) is 4.79 Å². The quantitative estimate of drug-likeness (QED) is 0.320. The van der Waals surface area contributed by atoms with Gasteiger partial charge >= 0.3 is 5.97 Å². The molecule has 0 bridgehead atoms. The van der Waals surface area contributed by atoms with Crippen molar-refractivity contribution in [2.45, 2.75) is 64.7 Å². The van der Waals surface area contributed by atoms with Crippen LogP contribution in [0.4, 0.5) is 0 Å². The Bertz CT molecular complexity index is 595. The third-order valence-corrected chi connectivity index (χ3v) is 4.83. The number of nitrogens with one attached hydrogen (secondary N) is 2. The van der Waals surface area contributed by atoms with Gasteiger partial charge in [0.05, 0.1) is 6.61 Å². The van der Waals surface area contributed by atoms with E-state index < -0.39 is 54.5 Å². The average molecular weight is 400 g/mol. The van der Waals surface area contributed by atoms with Crippen molar-refractivity contribution >= 4 is 23.7 Å². The molecule has 0 radical (unpaired) electrons. The summed E-state index contributed by atoms with van der Waals surface area (Å²) in [7, 11) is 0. The molecule has 1 rings (SSSR count). The molecule has 0 aromatic rings. The molecule has 1 aliphatic heterocycles. The SMILES string of the molecule is CC(C)C(NC(=O)C1CCCN1C(=O)C(NC(=O)C(N)CO)C(C)C)C(=O)O. The smallest absolute Gasteiger partial charge is 0.326 e. The minimum Gasteiger partial charge on any atom is -0.480 e. The fourth-order valence-electron chi connectivity index (χ4n) is 3.10. The zero-order chi connectivity index (χ0) is 21.6. The van der Waals surface area contributed by atoms with Crippen LogP contribution in [0.3, 0.4) is 0 Å². The molecule has 10 heteroatoms. The molecule has 28 heavy (non-hydrogen) atoms. The average Bonchev–Trinajstić information content (AvgIpc) is 3.11. The minimum atomic E-state index is -1.14. The number of carboxylic acids is 1. The number of amides is 3. The van der Waals surface area contributed by atoms with E-state index in [9.17, 15) is 24.3 Å². The molecule has 10 nitrogen and oxygen atoms in total. The van der Waals surface area contributed by atoms with Gasteiger partial charge in [0.1, 0.15) is 24.2 Å². The number of hydrogen-bond donors (Lipinski definition) is 5. The molecule has 0 aliphatic carbocycles. The van der Waals surface area contributed by atoms with Crippen LogP contribution in [0, 0.1) is 11.8 Å². The summed E-state index contributed by atoms with van der Waals surface area (Å²) in [6.07, 6.45) is 1.01. The Labute approximate surface area is 164 Å². The van der Waals surface area contributed by atoms with Gasteiger partial charge in [-0.3, -0.25) is 14.4 Å². The van der Waals surface area contributed by atoms with Crippen molar-refractivity contribution in [1.29, 1.82) is 0 Å². The van der Waals surface area contributed by atoms with E-state index in [-0.39, 0.29) is 11.8 Å². The summed E-state index contributed by atoms with van der Waals surface area (Å²) in [4.78, 5) is 50.4. The third kappa shape index (κ3) is 5.90. The van der Waals surface area contributed by atoms with Gasteiger partial charge in [0.2, 0.25) is 17.7 Å². The number of carbonyl (C=O) groups is 4. The summed E-state index contributed by atoms with van der Waals surface area (Å²) >= 11 is 0. The van der Waals surface area contributed by atoms with Crippen LogP contribution < -0.4 is 16.4 Å². The van der Waals surface area contributed by atoms with Gasteiger partial charge in [-0.1, -0.05) is 27.7 Å². The van der Waals surface area contributed by atoms with E-state index in [4.69, 9.17) is 10.8 Å². The number of nitrogens with zero attached hydrogens (tertiary/aromatic N) is 1. The fourth-order valence-corrected chi connectivity index (χ4v) is 3.10. The first kappa shape index (κ1) is 23.8. The zero-order valence-corrected chi connectivity index (χ0v) is 16.8. The summed E-state index contributed by atoms with van der Waals surface area (Å²) in [6, 6.07) is -3.89. The monoisotopic (exact) mass is 400 g/mol. The summed E-state index contributed by atoms with van der Waals surface area (Å²) in [6.45, 7) is 6.65. The zero-order valence-electron chi connectivity index (χ0n) is 16.8. The lowest BCUT2D eigenvalue weighted by molar-refractivity contribution is -0.146. The molecule has 1 fully saturated rings. The first-order valence-corrected chi connectivity index (χ1v) is 9.51. The maximum Gasteiger partial charge on any atom is 0.326 e. The summed E-state index contributed by atoms with van der Waals surface area (Å²) in [5, 5.41) is 23.3. The predicted octanol–water partition coefficient (Wildman–Crippen LogP) is -1.34. The number of aliphatic hydroxyl groups excluding tert-OH is 1. The lowest BCUT2D eigenvalue weighted by atomic mass is 10.0. The number of carboxylic acid groups (broad SMARTS) is 1. The Hall–Kier alpha value is -2.20.